The Balaban J connectivity index is 1.82. The van der Waals surface area contributed by atoms with Crippen LogP contribution in [0.4, 0.5) is 11.6 Å². The number of rotatable bonds is 7. The molecule has 1 fully saturated rings. The fourth-order valence-electron chi connectivity index (χ4n) is 2.85. The third kappa shape index (κ3) is 5.15. The smallest absolute Gasteiger partial charge is 0.163 e. The standard InChI is InChI=1S/C18H25N5O2S/c1-23(2)10-9-19-16-12-17(20-15-8-11-26(24,25)13-15)22-18(21-16)14-6-4-3-5-7-14/h3-7,12,15H,8-11,13H2,1-2H3,(H2,19,20,21,22). The third-order valence-electron chi connectivity index (χ3n) is 4.21. The summed E-state index contributed by atoms with van der Waals surface area (Å²) >= 11 is 0. The molecule has 7 nitrogen and oxygen atoms in total. The first-order chi connectivity index (χ1) is 12.4. The van der Waals surface area contributed by atoms with Crippen LogP contribution in [0.1, 0.15) is 6.42 Å². The number of hydrogen-bond acceptors (Lipinski definition) is 7. The van der Waals surface area contributed by atoms with Gasteiger partial charge in [-0.05, 0) is 20.5 Å². The van der Waals surface area contributed by atoms with Crippen molar-refractivity contribution in [3.05, 3.63) is 36.4 Å². The Kier molecular flexibility index (Phi) is 5.73. The lowest BCUT2D eigenvalue weighted by molar-refractivity contribution is 0.425. The molecule has 1 saturated heterocycles. The second kappa shape index (κ2) is 8.01. The molecule has 0 amide bonds. The van der Waals surface area contributed by atoms with E-state index in [2.05, 4.69) is 25.5 Å². The number of aromatic nitrogens is 2. The maximum Gasteiger partial charge on any atom is 0.163 e. The van der Waals surface area contributed by atoms with Crippen LogP contribution in [0.5, 0.6) is 0 Å². The van der Waals surface area contributed by atoms with E-state index in [0.717, 1.165) is 24.5 Å². The van der Waals surface area contributed by atoms with E-state index in [1.54, 1.807) is 0 Å². The van der Waals surface area contributed by atoms with Gasteiger partial charge < -0.3 is 15.5 Å². The van der Waals surface area contributed by atoms with E-state index in [1.165, 1.54) is 0 Å². The molecule has 0 bridgehead atoms. The maximum absolute atomic E-state index is 11.7. The molecule has 2 N–H and O–H groups in total. The first-order valence-electron chi connectivity index (χ1n) is 8.71. The molecule has 0 spiro atoms. The van der Waals surface area contributed by atoms with Crippen LogP contribution < -0.4 is 10.6 Å². The monoisotopic (exact) mass is 375 g/mol. The molecule has 1 atom stereocenters. The number of benzene rings is 1. The molecule has 2 heterocycles. The van der Waals surface area contributed by atoms with Crippen LogP contribution in [0.3, 0.4) is 0 Å². The quantitative estimate of drug-likeness (QED) is 0.762. The molecule has 2 aromatic rings. The van der Waals surface area contributed by atoms with E-state index in [0.29, 0.717) is 18.1 Å². The second-order valence-corrected chi connectivity index (χ2v) is 9.03. The summed E-state index contributed by atoms with van der Waals surface area (Å²) in [5.74, 6) is 2.37. The average molecular weight is 375 g/mol. The van der Waals surface area contributed by atoms with Crippen molar-refractivity contribution in [2.24, 2.45) is 0 Å². The van der Waals surface area contributed by atoms with E-state index in [-0.39, 0.29) is 17.5 Å². The van der Waals surface area contributed by atoms with Crippen molar-refractivity contribution in [2.45, 2.75) is 12.5 Å². The van der Waals surface area contributed by atoms with E-state index in [9.17, 15) is 8.42 Å². The molecule has 1 aromatic heterocycles. The minimum Gasteiger partial charge on any atom is -0.369 e. The molecule has 1 aromatic carbocycles. The molecule has 140 valence electrons. The van der Waals surface area contributed by atoms with Crippen LogP contribution in [0.25, 0.3) is 11.4 Å². The number of sulfone groups is 1. The number of nitrogens with zero attached hydrogens (tertiary/aromatic N) is 3. The Hall–Kier alpha value is -2.19. The zero-order valence-corrected chi connectivity index (χ0v) is 16.0. The fourth-order valence-corrected chi connectivity index (χ4v) is 4.53. The Morgan fingerprint density at radius 1 is 1.15 bits per heavy atom. The van der Waals surface area contributed by atoms with Crippen LogP contribution in [-0.4, -0.2) is 68.0 Å². The van der Waals surface area contributed by atoms with Gasteiger partial charge in [0.05, 0.1) is 11.5 Å². The van der Waals surface area contributed by atoms with Gasteiger partial charge in [-0.25, -0.2) is 18.4 Å². The average Bonchev–Trinajstić information content (AvgIpc) is 2.93. The van der Waals surface area contributed by atoms with Crippen molar-refractivity contribution in [1.29, 1.82) is 0 Å². The lowest BCUT2D eigenvalue weighted by atomic mass is 10.2. The molecule has 8 heteroatoms. The van der Waals surface area contributed by atoms with Gasteiger partial charge in [0, 0.05) is 30.8 Å². The first kappa shape index (κ1) is 18.6. The lowest BCUT2D eigenvalue weighted by Crippen LogP contribution is -2.23. The minimum atomic E-state index is -2.94. The maximum atomic E-state index is 11.7. The van der Waals surface area contributed by atoms with Crippen molar-refractivity contribution in [1.82, 2.24) is 14.9 Å². The van der Waals surface area contributed by atoms with Crippen molar-refractivity contribution < 1.29 is 8.42 Å². The normalized spacial score (nSPS) is 18.8. The van der Waals surface area contributed by atoms with Gasteiger partial charge in [0.25, 0.3) is 0 Å². The number of hydrogen-bond donors (Lipinski definition) is 2. The van der Waals surface area contributed by atoms with Crippen LogP contribution in [-0.2, 0) is 9.84 Å². The van der Waals surface area contributed by atoms with E-state index in [4.69, 9.17) is 0 Å². The van der Waals surface area contributed by atoms with Gasteiger partial charge in [0.15, 0.2) is 15.7 Å². The van der Waals surface area contributed by atoms with Crippen LogP contribution in [0.2, 0.25) is 0 Å². The highest BCUT2D eigenvalue weighted by molar-refractivity contribution is 7.91. The number of likely N-dealkylation sites (N-methyl/N-ethyl adjacent to an activating group) is 1. The second-order valence-electron chi connectivity index (χ2n) is 6.80. The lowest BCUT2D eigenvalue weighted by Gasteiger charge is -2.15. The van der Waals surface area contributed by atoms with Gasteiger partial charge >= 0.3 is 0 Å². The molecule has 0 aliphatic carbocycles. The van der Waals surface area contributed by atoms with E-state index < -0.39 is 9.84 Å². The Morgan fingerprint density at radius 2 is 1.88 bits per heavy atom. The van der Waals surface area contributed by atoms with E-state index in [1.807, 2.05) is 50.5 Å². The molecule has 0 radical (unpaired) electrons. The van der Waals surface area contributed by atoms with Crippen molar-refractivity contribution in [3.8, 4) is 11.4 Å². The molecule has 3 rings (SSSR count). The molecule has 0 saturated carbocycles. The van der Waals surface area contributed by atoms with Crippen LogP contribution in [0.15, 0.2) is 36.4 Å². The zero-order valence-electron chi connectivity index (χ0n) is 15.1. The van der Waals surface area contributed by atoms with Crippen molar-refractivity contribution in [2.75, 3.05) is 49.3 Å². The SMILES string of the molecule is CN(C)CCNc1cc(NC2CCS(=O)(=O)C2)nc(-c2ccccc2)n1. The fraction of sp³-hybridized carbons (Fsp3) is 0.444. The van der Waals surface area contributed by atoms with Gasteiger partial charge in [-0.1, -0.05) is 30.3 Å². The van der Waals surface area contributed by atoms with Gasteiger partial charge in [-0.15, -0.1) is 0 Å². The molecule has 1 aliphatic rings. The summed E-state index contributed by atoms with van der Waals surface area (Å²) in [7, 11) is 1.10. The summed E-state index contributed by atoms with van der Waals surface area (Å²) in [5, 5.41) is 6.58. The van der Waals surface area contributed by atoms with Gasteiger partial charge in [-0.2, -0.15) is 0 Å². The summed E-state index contributed by atoms with van der Waals surface area (Å²) in [5.41, 5.74) is 0.922. The summed E-state index contributed by atoms with van der Waals surface area (Å²) < 4.78 is 23.4. The van der Waals surface area contributed by atoms with Crippen LogP contribution >= 0.6 is 0 Å². The highest BCUT2D eigenvalue weighted by atomic mass is 32.2. The Bertz CT molecular complexity index is 840. The van der Waals surface area contributed by atoms with Crippen molar-refractivity contribution in [3.63, 3.8) is 0 Å². The molecule has 1 unspecified atom stereocenters. The first-order valence-corrected chi connectivity index (χ1v) is 10.5. The topological polar surface area (TPSA) is 87.2 Å². The van der Waals surface area contributed by atoms with Crippen molar-refractivity contribution >= 4 is 21.5 Å². The minimum absolute atomic E-state index is 0.104. The number of anilines is 2. The highest BCUT2D eigenvalue weighted by Gasteiger charge is 2.28. The van der Waals surface area contributed by atoms with E-state index >= 15 is 0 Å². The summed E-state index contributed by atoms with van der Waals surface area (Å²) in [6.07, 6.45) is 0.608. The van der Waals surface area contributed by atoms with Gasteiger partial charge in [0.2, 0.25) is 0 Å². The van der Waals surface area contributed by atoms with Crippen LogP contribution in [0, 0.1) is 0 Å². The highest BCUT2D eigenvalue weighted by Crippen LogP contribution is 2.22. The Morgan fingerprint density at radius 3 is 2.54 bits per heavy atom. The molecule has 1 aliphatic heterocycles. The summed E-state index contributed by atoms with van der Waals surface area (Å²) in [4.78, 5) is 11.3. The summed E-state index contributed by atoms with van der Waals surface area (Å²) in [6.45, 7) is 1.64. The molecular formula is C18H25N5O2S. The zero-order chi connectivity index (χ0) is 18.6. The predicted molar refractivity (Wildman–Crippen MR) is 105 cm³/mol. The largest absolute Gasteiger partial charge is 0.369 e. The Labute approximate surface area is 154 Å². The number of nitrogens with one attached hydrogen (secondary N) is 2. The third-order valence-corrected chi connectivity index (χ3v) is 5.98. The molecule has 26 heavy (non-hydrogen) atoms. The predicted octanol–water partition coefficient (Wildman–Crippen LogP) is 1.72. The van der Waals surface area contributed by atoms with Gasteiger partial charge in [0.1, 0.15) is 11.6 Å². The molecular weight excluding hydrogens is 350 g/mol. The summed E-state index contributed by atoms with van der Waals surface area (Å²) in [6, 6.07) is 11.5. The van der Waals surface area contributed by atoms with Gasteiger partial charge in [-0.3, -0.25) is 0 Å².